The van der Waals surface area contributed by atoms with E-state index >= 15 is 0 Å². The summed E-state index contributed by atoms with van der Waals surface area (Å²) in [5.41, 5.74) is 0.515. The number of aromatic nitrogens is 3. The summed E-state index contributed by atoms with van der Waals surface area (Å²) in [6.07, 6.45) is -1.67. The SMILES string of the molecule is CNS(=O)(=O)c1ccc(OCC(F)(F)F)c(Nc2ncnc3[nH]ccc23)c1. The number of fused-ring (bicyclic) bond motifs is 1. The molecule has 0 bridgehead atoms. The van der Waals surface area contributed by atoms with Gasteiger partial charge in [-0.1, -0.05) is 0 Å². The molecule has 0 aliphatic rings. The smallest absolute Gasteiger partial charge is 0.422 e. The number of halogens is 3. The van der Waals surface area contributed by atoms with Crippen LogP contribution < -0.4 is 14.8 Å². The molecule has 0 fully saturated rings. The first kappa shape index (κ1) is 18.9. The zero-order valence-electron chi connectivity index (χ0n) is 13.8. The molecule has 1 aromatic carbocycles. The maximum atomic E-state index is 12.5. The first-order valence-corrected chi connectivity index (χ1v) is 9.00. The van der Waals surface area contributed by atoms with Crippen molar-refractivity contribution in [2.24, 2.45) is 0 Å². The fraction of sp³-hybridized carbons (Fsp3) is 0.200. The van der Waals surface area contributed by atoms with E-state index in [2.05, 4.69) is 25.0 Å². The van der Waals surface area contributed by atoms with Crippen molar-refractivity contribution < 1.29 is 26.3 Å². The third-order valence-corrected chi connectivity index (χ3v) is 4.94. The summed E-state index contributed by atoms with van der Waals surface area (Å²) in [5.74, 6) is 0.0989. The lowest BCUT2D eigenvalue weighted by Gasteiger charge is -2.16. The summed E-state index contributed by atoms with van der Waals surface area (Å²) in [4.78, 5) is 10.8. The molecule has 2 heterocycles. The fourth-order valence-corrected chi connectivity index (χ4v) is 3.03. The Morgan fingerprint density at radius 2 is 2.00 bits per heavy atom. The maximum Gasteiger partial charge on any atom is 0.422 e. The van der Waals surface area contributed by atoms with Crippen LogP contribution in [0.5, 0.6) is 5.75 Å². The number of benzene rings is 1. The summed E-state index contributed by atoms with van der Waals surface area (Å²) in [5, 5.41) is 3.39. The number of anilines is 2. The lowest BCUT2D eigenvalue weighted by molar-refractivity contribution is -0.153. The van der Waals surface area contributed by atoms with Crippen molar-refractivity contribution >= 4 is 32.6 Å². The van der Waals surface area contributed by atoms with Gasteiger partial charge in [0.2, 0.25) is 10.0 Å². The molecule has 27 heavy (non-hydrogen) atoms. The molecule has 8 nitrogen and oxygen atoms in total. The number of nitrogens with zero attached hydrogens (tertiary/aromatic N) is 2. The van der Waals surface area contributed by atoms with Crippen LogP contribution >= 0.6 is 0 Å². The number of sulfonamides is 1. The Morgan fingerprint density at radius 1 is 1.22 bits per heavy atom. The number of alkyl halides is 3. The summed E-state index contributed by atoms with van der Waals surface area (Å²) < 4.78 is 68.5. The van der Waals surface area contributed by atoms with Gasteiger partial charge in [0.25, 0.3) is 0 Å². The zero-order chi connectivity index (χ0) is 19.7. The lowest BCUT2D eigenvalue weighted by atomic mass is 10.2. The molecule has 0 amide bonds. The van der Waals surface area contributed by atoms with Crippen molar-refractivity contribution in [1.29, 1.82) is 0 Å². The molecule has 0 aliphatic heterocycles. The van der Waals surface area contributed by atoms with Gasteiger partial charge in [0.1, 0.15) is 23.5 Å². The molecule has 0 aliphatic carbocycles. The van der Waals surface area contributed by atoms with Gasteiger partial charge in [-0.2, -0.15) is 13.2 Å². The average molecular weight is 401 g/mol. The van der Waals surface area contributed by atoms with Crippen molar-refractivity contribution in [3.63, 3.8) is 0 Å². The molecule has 0 radical (unpaired) electrons. The van der Waals surface area contributed by atoms with Crippen molar-refractivity contribution in [2.45, 2.75) is 11.1 Å². The van der Waals surface area contributed by atoms with Crippen LogP contribution in [0, 0.1) is 0 Å². The van der Waals surface area contributed by atoms with Crippen LogP contribution in [0.25, 0.3) is 11.0 Å². The molecule has 0 saturated heterocycles. The highest BCUT2D eigenvalue weighted by atomic mass is 32.2. The van der Waals surface area contributed by atoms with Gasteiger partial charge in [-0.25, -0.2) is 23.1 Å². The second-order valence-corrected chi connectivity index (χ2v) is 7.24. The largest absolute Gasteiger partial charge is 0.482 e. The van der Waals surface area contributed by atoms with E-state index in [9.17, 15) is 21.6 Å². The van der Waals surface area contributed by atoms with Gasteiger partial charge in [-0.3, -0.25) is 0 Å². The summed E-state index contributed by atoms with van der Waals surface area (Å²) in [7, 11) is -2.58. The zero-order valence-corrected chi connectivity index (χ0v) is 14.6. The van der Waals surface area contributed by atoms with E-state index < -0.39 is 22.8 Å². The van der Waals surface area contributed by atoms with Crippen LogP contribution in [-0.2, 0) is 10.0 Å². The Kier molecular flexibility index (Phi) is 4.93. The topological polar surface area (TPSA) is 109 Å². The number of ether oxygens (including phenoxy) is 1. The number of hydrogen-bond donors (Lipinski definition) is 3. The minimum atomic E-state index is -4.55. The van der Waals surface area contributed by atoms with Crippen molar-refractivity contribution in [3.05, 3.63) is 36.8 Å². The molecule has 3 rings (SSSR count). The molecule has 3 aromatic rings. The fourth-order valence-electron chi connectivity index (χ4n) is 2.28. The quantitative estimate of drug-likeness (QED) is 0.586. The van der Waals surface area contributed by atoms with Gasteiger partial charge < -0.3 is 15.0 Å². The molecule has 12 heteroatoms. The van der Waals surface area contributed by atoms with Crippen LogP contribution in [0.3, 0.4) is 0 Å². The van der Waals surface area contributed by atoms with Crippen LogP contribution in [0.2, 0.25) is 0 Å². The van der Waals surface area contributed by atoms with E-state index in [1.807, 2.05) is 0 Å². The number of nitrogens with one attached hydrogen (secondary N) is 3. The second-order valence-electron chi connectivity index (χ2n) is 5.36. The highest BCUT2D eigenvalue weighted by Gasteiger charge is 2.29. The Labute approximate surface area is 151 Å². The summed E-state index contributed by atoms with van der Waals surface area (Å²) in [6.45, 7) is -1.52. The van der Waals surface area contributed by atoms with Crippen molar-refractivity contribution in [1.82, 2.24) is 19.7 Å². The third-order valence-electron chi connectivity index (χ3n) is 3.53. The highest BCUT2D eigenvalue weighted by Crippen LogP contribution is 2.33. The molecular weight excluding hydrogens is 387 g/mol. The van der Waals surface area contributed by atoms with E-state index in [4.69, 9.17) is 4.74 Å². The predicted octanol–water partition coefficient (Wildman–Crippen LogP) is 2.55. The molecular formula is C15H14F3N5O3S. The van der Waals surface area contributed by atoms with Gasteiger partial charge in [-0.15, -0.1) is 0 Å². The maximum absolute atomic E-state index is 12.5. The van der Waals surface area contributed by atoms with E-state index in [0.29, 0.717) is 11.0 Å². The third kappa shape index (κ3) is 4.28. The first-order chi connectivity index (χ1) is 12.7. The van der Waals surface area contributed by atoms with E-state index in [-0.39, 0.29) is 22.2 Å². The summed E-state index contributed by atoms with van der Waals surface area (Å²) in [6, 6.07) is 5.13. The first-order valence-electron chi connectivity index (χ1n) is 7.52. The average Bonchev–Trinajstić information content (AvgIpc) is 3.09. The minimum absolute atomic E-state index is 0.0109. The van der Waals surface area contributed by atoms with Gasteiger partial charge in [0, 0.05) is 6.20 Å². The van der Waals surface area contributed by atoms with Crippen LogP contribution in [-0.4, -0.2) is 43.2 Å². The number of hydrogen-bond acceptors (Lipinski definition) is 6. The Morgan fingerprint density at radius 3 is 2.70 bits per heavy atom. The van der Waals surface area contributed by atoms with E-state index in [1.165, 1.54) is 13.4 Å². The molecule has 0 saturated carbocycles. The normalized spacial score (nSPS) is 12.3. The molecule has 144 valence electrons. The molecule has 0 atom stereocenters. The number of H-pyrrole nitrogens is 1. The van der Waals surface area contributed by atoms with E-state index in [0.717, 1.165) is 18.2 Å². The highest BCUT2D eigenvalue weighted by molar-refractivity contribution is 7.89. The molecule has 0 spiro atoms. The molecule has 0 unspecified atom stereocenters. The Balaban J connectivity index is 2.03. The minimum Gasteiger partial charge on any atom is -0.482 e. The standard InChI is InChI=1S/C15H14F3N5O3S/c1-19-27(24,25)9-2-3-12(26-7-15(16,17)18)11(6-9)23-14-10-4-5-20-13(10)21-8-22-14/h2-6,8,19H,7H2,1H3,(H2,20,21,22,23). The Hall–Kier alpha value is -2.86. The van der Waals surface area contributed by atoms with Crippen molar-refractivity contribution in [3.8, 4) is 5.75 Å². The number of aromatic amines is 1. The van der Waals surface area contributed by atoms with Crippen LogP contribution in [0.15, 0.2) is 41.7 Å². The lowest BCUT2D eigenvalue weighted by Crippen LogP contribution is -2.20. The Bertz CT molecular complexity index is 1070. The van der Waals surface area contributed by atoms with E-state index in [1.54, 1.807) is 12.3 Å². The van der Waals surface area contributed by atoms with Crippen LogP contribution in [0.1, 0.15) is 0 Å². The van der Waals surface area contributed by atoms with Crippen molar-refractivity contribution in [2.75, 3.05) is 19.0 Å². The predicted molar refractivity (Wildman–Crippen MR) is 91.4 cm³/mol. The molecule has 2 aromatic heterocycles. The van der Waals surface area contributed by atoms with Crippen LogP contribution in [0.4, 0.5) is 24.7 Å². The van der Waals surface area contributed by atoms with Gasteiger partial charge in [-0.05, 0) is 31.3 Å². The van der Waals surface area contributed by atoms with Gasteiger partial charge in [0.15, 0.2) is 6.61 Å². The molecule has 3 N–H and O–H groups in total. The monoisotopic (exact) mass is 401 g/mol. The van der Waals surface area contributed by atoms with Gasteiger partial charge in [0.05, 0.1) is 16.0 Å². The van der Waals surface area contributed by atoms with Gasteiger partial charge >= 0.3 is 6.18 Å². The summed E-state index contributed by atoms with van der Waals surface area (Å²) >= 11 is 0. The second kappa shape index (κ2) is 7.04. The number of rotatable bonds is 6.